The van der Waals surface area contributed by atoms with Gasteiger partial charge in [-0.1, -0.05) is 0 Å². The van der Waals surface area contributed by atoms with Gasteiger partial charge in [-0.3, -0.25) is 0 Å². The molecule has 4 nitrogen and oxygen atoms in total. The lowest BCUT2D eigenvalue weighted by Gasteiger charge is -2.05. The van der Waals surface area contributed by atoms with E-state index >= 15 is 0 Å². The minimum absolute atomic E-state index is 0.675. The van der Waals surface area contributed by atoms with Crippen LogP contribution in [0.5, 0.6) is 0 Å². The van der Waals surface area contributed by atoms with Crippen LogP contribution in [-0.2, 0) is 4.74 Å². The number of ether oxygens (including phenoxy) is 1. The van der Waals surface area contributed by atoms with Gasteiger partial charge in [-0.2, -0.15) is 5.10 Å². The van der Waals surface area contributed by atoms with Crippen molar-refractivity contribution in [3.8, 4) is 0 Å². The topological polar surface area (TPSA) is 47.0 Å². The van der Waals surface area contributed by atoms with Crippen LogP contribution in [0.15, 0.2) is 6.07 Å². The summed E-state index contributed by atoms with van der Waals surface area (Å²) >= 11 is 0. The zero-order valence-corrected chi connectivity index (χ0v) is 8.29. The Morgan fingerprint density at radius 3 is 2.77 bits per heavy atom. The van der Waals surface area contributed by atoms with Gasteiger partial charge < -0.3 is 10.1 Å². The van der Waals surface area contributed by atoms with E-state index in [1.165, 1.54) is 0 Å². The fraction of sp³-hybridized carbons (Fsp3) is 0.556. The van der Waals surface area contributed by atoms with Crippen LogP contribution >= 0.6 is 0 Å². The number of anilines is 1. The molecule has 0 unspecified atom stereocenters. The lowest BCUT2D eigenvalue weighted by Crippen LogP contribution is -2.09. The number of aromatic nitrogens is 2. The normalized spacial score (nSPS) is 10.1. The summed E-state index contributed by atoms with van der Waals surface area (Å²) in [6.45, 7) is 5.40. The van der Waals surface area contributed by atoms with E-state index in [-0.39, 0.29) is 0 Å². The molecule has 1 heterocycles. The van der Waals surface area contributed by atoms with Crippen molar-refractivity contribution >= 4 is 5.82 Å². The molecule has 72 valence electrons. The largest absolute Gasteiger partial charge is 0.383 e. The molecule has 1 N–H and O–H groups in total. The first-order valence-electron chi connectivity index (χ1n) is 4.28. The number of rotatable bonds is 4. The van der Waals surface area contributed by atoms with Crippen LogP contribution in [-0.4, -0.2) is 30.5 Å². The second kappa shape index (κ2) is 4.77. The Balaban J connectivity index is 2.53. The van der Waals surface area contributed by atoms with Gasteiger partial charge in [0.1, 0.15) is 5.82 Å². The Labute approximate surface area is 78.3 Å². The number of hydrogen-bond acceptors (Lipinski definition) is 4. The molecule has 4 heteroatoms. The first-order chi connectivity index (χ1) is 6.24. The second-order valence-corrected chi connectivity index (χ2v) is 2.92. The lowest BCUT2D eigenvalue weighted by molar-refractivity contribution is 0.210. The van der Waals surface area contributed by atoms with E-state index in [2.05, 4.69) is 15.5 Å². The minimum Gasteiger partial charge on any atom is -0.383 e. The second-order valence-electron chi connectivity index (χ2n) is 2.92. The van der Waals surface area contributed by atoms with E-state index in [9.17, 15) is 0 Å². The molecule has 1 rings (SSSR count). The van der Waals surface area contributed by atoms with Gasteiger partial charge in [0, 0.05) is 13.7 Å². The molecule has 0 spiro atoms. The average molecular weight is 181 g/mol. The molecule has 0 fully saturated rings. The Morgan fingerprint density at radius 1 is 1.38 bits per heavy atom. The van der Waals surface area contributed by atoms with E-state index in [0.29, 0.717) is 6.61 Å². The molecule has 0 atom stereocenters. The molecule has 13 heavy (non-hydrogen) atoms. The SMILES string of the molecule is COCCNc1cc(C)c(C)nn1. The highest BCUT2D eigenvalue weighted by molar-refractivity contribution is 5.37. The first-order valence-corrected chi connectivity index (χ1v) is 4.28. The van der Waals surface area contributed by atoms with Crippen molar-refractivity contribution in [1.82, 2.24) is 10.2 Å². The van der Waals surface area contributed by atoms with E-state index in [0.717, 1.165) is 23.6 Å². The zero-order chi connectivity index (χ0) is 9.68. The minimum atomic E-state index is 0.675. The van der Waals surface area contributed by atoms with Gasteiger partial charge in [0.2, 0.25) is 0 Å². The van der Waals surface area contributed by atoms with Crippen molar-refractivity contribution in [2.75, 3.05) is 25.6 Å². The average Bonchev–Trinajstić information content (AvgIpc) is 2.12. The molecule has 0 saturated heterocycles. The summed E-state index contributed by atoms with van der Waals surface area (Å²) in [5, 5.41) is 11.1. The molecule has 0 aliphatic heterocycles. The van der Waals surface area contributed by atoms with Crippen LogP contribution in [0.25, 0.3) is 0 Å². The summed E-state index contributed by atoms with van der Waals surface area (Å²) in [5.41, 5.74) is 2.12. The van der Waals surface area contributed by atoms with Crippen LogP contribution < -0.4 is 5.32 Å². The fourth-order valence-corrected chi connectivity index (χ4v) is 0.914. The molecule has 0 bridgehead atoms. The number of nitrogens with zero attached hydrogens (tertiary/aromatic N) is 2. The standard InChI is InChI=1S/C9H15N3O/c1-7-6-9(10-4-5-13-3)12-11-8(7)2/h6H,4-5H2,1-3H3,(H,10,12). The van der Waals surface area contributed by atoms with Crippen molar-refractivity contribution in [2.45, 2.75) is 13.8 Å². The highest BCUT2D eigenvalue weighted by Crippen LogP contribution is 2.06. The van der Waals surface area contributed by atoms with Crippen molar-refractivity contribution in [3.63, 3.8) is 0 Å². The van der Waals surface area contributed by atoms with Gasteiger partial charge in [0.05, 0.1) is 12.3 Å². The summed E-state index contributed by atoms with van der Waals surface area (Å²) < 4.78 is 4.91. The number of aryl methyl sites for hydroxylation is 2. The maximum atomic E-state index is 4.91. The maximum Gasteiger partial charge on any atom is 0.149 e. The predicted molar refractivity (Wildman–Crippen MR) is 51.9 cm³/mol. The summed E-state index contributed by atoms with van der Waals surface area (Å²) in [5.74, 6) is 0.806. The molecule has 0 aliphatic carbocycles. The lowest BCUT2D eigenvalue weighted by atomic mass is 10.2. The van der Waals surface area contributed by atoms with Gasteiger partial charge >= 0.3 is 0 Å². The number of hydrogen-bond donors (Lipinski definition) is 1. The van der Waals surface area contributed by atoms with Crippen molar-refractivity contribution in [2.24, 2.45) is 0 Å². The van der Waals surface area contributed by atoms with Crippen LogP contribution in [0.2, 0.25) is 0 Å². The van der Waals surface area contributed by atoms with Crippen molar-refractivity contribution < 1.29 is 4.74 Å². The molecular formula is C9H15N3O. The van der Waals surface area contributed by atoms with E-state index in [1.807, 2.05) is 19.9 Å². The Morgan fingerprint density at radius 2 is 2.15 bits per heavy atom. The third-order valence-electron chi connectivity index (χ3n) is 1.84. The Kier molecular flexibility index (Phi) is 3.64. The third kappa shape index (κ3) is 2.99. The molecular weight excluding hydrogens is 166 g/mol. The quantitative estimate of drug-likeness (QED) is 0.708. The van der Waals surface area contributed by atoms with Gasteiger partial charge in [0.15, 0.2) is 0 Å². The van der Waals surface area contributed by atoms with Crippen LogP contribution in [0.3, 0.4) is 0 Å². The number of nitrogens with one attached hydrogen (secondary N) is 1. The molecule has 0 radical (unpaired) electrons. The third-order valence-corrected chi connectivity index (χ3v) is 1.84. The highest BCUT2D eigenvalue weighted by Gasteiger charge is 1.97. The van der Waals surface area contributed by atoms with Gasteiger partial charge in [-0.25, -0.2) is 0 Å². The number of methoxy groups -OCH3 is 1. The molecule has 1 aromatic heterocycles. The Hall–Kier alpha value is -1.16. The molecule has 0 saturated carbocycles. The maximum absolute atomic E-state index is 4.91. The summed E-state index contributed by atoms with van der Waals surface area (Å²) in [6.07, 6.45) is 0. The van der Waals surface area contributed by atoms with Gasteiger partial charge in [0.25, 0.3) is 0 Å². The van der Waals surface area contributed by atoms with E-state index in [1.54, 1.807) is 7.11 Å². The molecule has 0 aromatic carbocycles. The molecule has 0 aliphatic rings. The van der Waals surface area contributed by atoms with E-state index < -0.39 is 0 Å². The monoisotopic (exact) mass is 181 g/mol. The summed E-state index contributed by atoms with van der Waals surface area (Å²) in [4.78, 5) is 0. The highest BCUT2D eigenvalue weighted by atomic mass is 16.5. The van der Waals surface area contributed by atoms with Crippen LogP contribution in [0.1, 0.15) is 11.3 Å². The fourth-order valence-electron chi connectivity index (χ4n) is 0.914. The predicted octanol–water partition coefficient (Wildman–Crippen LogP) is 1.15. The van der Waals surface area contributed by atoms with Gasteiger partial charge in [-0.15, -0.1) is 5.10 Å². The first kappa shape index (κ1) is 9.92. The van der Waals surface area contributed by atoms with Crippen LogP contribution in [0, 0.1) is 13.8 Å². The smallest absolute Gasteiger partial charge is 0.149 e. The van der Waals surface area contributed by atoms with Crippen LogP contribution in [0.4, 0.5) is 5.82 Å². The molecule has 1 aromatic rings. The summed E-state index contributed by atoms with van der Waals surface area (Å²) in [6, 6.07) is 1.98. The van der Waals surface area contributed by atoms with Crippen molar-refractivity contribution in [3.05, 3.63) is 17.3 Å². The summed E-state index contributed by atoms with van der Waals surface area (Å²) in [7, 11) is 1.67. The molecule has 0 amide bonds. The zero-order valence-electron chi connectivity index (χ0n) is 8.29. The Bertz CT molecular complexity index is 276. The van der Waals surface area contributed by atoms with Crippen molar-refractivity contribution in [1.29, 1.82) is 0 Å². The van der Waals surface area contributed by atoms with E-state index in [4.69, 9.17) is 4.74 Å². The van der Waals surface area contributed by atoms with Gasteiger partial charge in [-0.05, 0) is 25.5 Å².